The minimum absolute atomic E-state index is 0.281. The monoisotopic (exact) mass is 258 g/mol. The van der Waals surface area contributed by atoms with E-state index in [0.717, 1.165) is 18.5 Å². The molecule has 0 aliphatic heterocycles. The van der Waals surface area contributed by atoms with E-state index < -0.39 is 0 Å². The molecule has 0 aromatic carbocycles. The second-order valence-corrected chi connectivity index (χ2v) is 4.87. The van der Waals surface area contributed by atoms with Crippen molar-refractivity contribution in [2.45, 2.75) is 38.8 Å². The zero-order valence-corrected chi connectivity index (χ0v) is 11.9. The molecule has 0 radical (unpaired) electrons. The molecule has 1 N–H and O–H groups in total. The molecule has 0 saturated carbocycles. The highest BCUT2D eigenvalue weighted by Crippen LogP contribution is 2.17. The quantitative estimate of drug-likeness (QED) is 0.866. The van der Waals surface area contributed by atoms with Crippen LogP contribution in [-0.4, -0.2) is 21.8 Å². The average Bonchev–Trinajstić information content (AvgIpc) is 2.93. The second kappa shape index (κ2) is 6.48. The van der Waals surface area contributed by atoms with Crippen LogP contribution >= 0.6 is 0 Å². The molecule has 4 heteroatoms. The molecule has 2 aromatic heterocycles. The first-order valence-corrected chi connectivity index (χ1v) is 6.85. The maximum absolute atomic E-state index is 4.66. The molecule has 0 amide bonds. The summed E-state index contributed by atoms with van der Waals surface area (Å²) in [6.45, 7) is 4.37. The zero-order chi connectivity index (χ0) is 13.7. The van der Waals surface area contributed by atoms with Gasteiger partial charge in [0.25, 0.3) is 0 Å². The number of pyridine rings is 1. The lowest BCUT2D eigenvalue weighted by molar-refractivity contribution is 0.469. The minimum Gasteiger partial charge on any atom is -0.313 e. The van der Waals surface area contributed by atoms with E-state index in [1.165, 1.54) is 5.56 Å². The third-order valence-electron chi connectivity index (χ3n) is 3.58. The minimum atomic E-state index is 0.281. The van der Waals surface area contributed by atoms with E-state index in [4.69, 9.17) is 0 Å². The van der Waals surface area contributed by atoms with Crippen LogP contribution in [0.15, 0.2) is 36.8 Å². The van der Waals surface area contributed by atoms with E-state index in [1.807, 2.05) is 31.6 Å². The summed E-state index contributed by atoms with van der Waals surface area (Å²) in [6, 6.07) is 6.95. The first-order chi connectivity index (χ1) is 9.24. The summed E-state index contributed by atoms with van der Waals surface area (Å²) in [5.41, 5.74) is 2.37. The Kier molecular flexibility index (Phi) is 4.68. The molecule has 2 aromatic rings. The number of hydrogen-bond donors (Lipinski definition) is 1. The van der Waals surface area contributed by atoms with Crippen LogP contribution in [0.4, 0.5) is 0 Å². The molecule has 19 heavy (non-hydrogen) atoms. The number of nitrogens with one attached hydrogen (secondary N) is 1. The highest BCUT2D eigenvalue weighted by molar-refractivity contribution is 5.17. The van der Waals surface area contributed by atoms with Crippen molar-refractivity contribution >= 4 is 0 Å². The van der Waals surface area contributed by atoms with Crippen LogP contribution in [0.3, 0.4) is 0 Å². The summed E-state index contributed by atoms with van der Waals surface area (Å²) in [6.07, 6.45) is 7.72. The van der Waals surface area contributed by atoms with Crippen molar-refractivity contribution in [3.8, 4) is 0 Å². The Balaban J connectivity index is 2.09. The van der Waals surface area contributed by atoms with Crippen LogP contribution in [-0.2, 0) is 6.42 Å². The van der Waals surface area contributed by atoms with Gasteiger partial charge < -0.3 is 5.32 Å². The fourth-order valence-corrected chi connectivity index (χ4v) is 2.11. The maximum atomic E-state index is 4.66. The van der Waals surface area contributed by atoms with Gasteiger partial charge in [-0.1, -0.05) is 6.92 Å². The van der Waals surface area contributed by atoms with Crippen LogP contribution in [0.5, 0.6) is 0 Å². The van der Waals surface area contributed by atoms with E-state index >= 15 is 0 Å². The Hall–Kier alpha value is -1.68. The Morgan fingerprint density at radius 2 is 2.00 bits per heavy atom. The summed E-state index contributed by atoms with van der Waals surface area (Å²) in [4.78, 5) is 4.06. The Bertz CT molecular complexity index is 492. The summed E-state index contributed by atoms with van der Waals surface area (Å²) in [7, 11) is 1.98. The molecular formula is C15H22N4. The number of rotatable bonds is 6. The van der Waals surface area contributed by atoms with E-state index in [0.29, 0.717) is 6.04 Å². The summed E-state index contributed by atoms with van der Waals surface area (Å²) in [5, 5.41) is 8.00. The van der Waals surface area contributed by atoms with E-state index in [1.54, 1.807) is 0 Å². The topological polar surface area (TPSA) is 42.7 Å². The third-order valence-corrected chi connectivity index (χ3v) is 3.58. The summed E-state index contributed by atoms with van der Waals surface area (Å²) >= 11 is 0. The zero-order valence-electron chi connectivity index (χ0n) is 11.9. The summed E-state index contributed by atoms with van der Waals surface area (Å²) < 4.78 is 2.05. The molecule has 2 heterocycles. The Morgan fingerprint density at radius 1 is 1.26 bits per heavy atom. The average molecular weight is 258 g/mol. The van der Waals surface area contributed by atoms with Crippen LogP contribution in [0.25, 0.3) is 0 Å². The molecule has 0 fully saturated rings. The SMILES string of the molecule is CCC(C)n1ccc(CC(NC)c2ccncc2)n1. The molecule has 0 aliphatic carbocycles. The van der Waals surface area contributed by atoms with Crippen LogP contribution in [0, 0.1) is 0 Å². The van der Waals surface area contributed by atoms with Gasteiger partial charge in [-0.2, -0.15) is 5.10 Å². The van der Waals surface area contributed by atoms with Crippen molar-refractivity contribution < 1.29 is 0 Å². The first kappa shape index (κ1) is 13.7. The van der Waals surface area contributed by atoms with Gasteiger partial charge in [0.15, 0.2) is 0 Å². The molecule has 2 rings (SSSR count). The number of hydrogen-bond acceptors (Lipinski definition) is 3. The number of aromatic nitrogens is 3. The number of nitrogens with zero attached hydrogens (tertiary/aromatic N) is 3. The van der Waals surface area contributed by atoms with Gasteiger partial charge in [-0.15, -0.1) is 0 Å². The molecule has 2 atom stereocenters. The highest BCUT2D eigenvalue weighted by Gasteiger charge is 2.12. The van der Waals surface area contributed by atoms with Crippen molar-refractivity contribution in [2.75, 3.05) is 7.05 Å². The largest absolute Gasteiger partial charge is 0.313 e. The lowest BCUT2D eigenvalue weighted by Crippen LogP contribution is -2.19. The van der Waals surface area contributed by atoms with Gasteiger partial charge >= 0.3 is 0 Å². The van der Waals surface area contributed by atoms with Crippen LogP contribution in [0.1, 0.15) is 43.6 Å². The maximum Gasteiger partial charge on any atom is 0.0643 e. The lowest BCUT2D eigenvalue weighted by Gasteiger charge is -2.15. The standard InChI is InChI=1S/C15H22N4/c1-4-12(2)19-10-7-14(18-19)11-15(16-3)13-5-8-17-9-6-13/h5-10,12,15-16H,4,11H2,1-3H3. The fourth-order valence-electron chi connectivity index (χ4n) is 2.11. The Morgan fingerprint density at radius 3 is 2.63 bits per heavy atom. The van der Waals surface area contributed by atoms with Crippen molar-refractivity contribution in [3.63, 3.8) is 0 Å². The molecule has 0 spiro atoms. The Labute approximate surface area is 114 Å². The van der Waals surface area contributed by atoms with Gasteiger partial charge in [0, 0.05) is 37.1 Å². The van der Waals surface area contributed by atoms with Gasteiger partial charge in [-0.05, 0) is 44.2 Å². The molecule has 4 nitrogen and oxygen atoms in total. The van der Waals surface area contributed by atoms with Crippen molar-refractivity contribution in [1.82, 2.24) is 20.1 Å². The third kappa shape index (κ3) is 3.41. The van der Waals surface area contributed by atoms with Crippen molar-refractivity contribution in [3.05, 3.63) is 48.0 Å². The van der Waals surface area contributed by atoms with Gasteiger partial charge in [-0.25, -0.2) is 0 Å². The van der Waals surface area contributed by atoms with E-state index in [9.17, 15) is 0 Å². The van der Waals surface area contributed by atoms with Crippen molar-refractivity contribution in [2.24, 2.45) is 0 Å². The smallest absolute Gasteiger partial charge is 0.0643 e. The number of likely N-dealkylation sites (N-methyl/N-ethyl adjacent to an activating group) is 1. The first-order valence-electron chi connectivity index (χ1n) is 6.85. The highest BCUT2D eigenvalue weighted by atomic mass is 15.3. The second-order valence-electron chi connectivity index (χ2n) is 4.87. The van der Waals surface area contributed by atoms with E-state index in [2.05, 4.69) is 46.2 Å². The normalized spacial score (nSPS) is 14.3. The molecule has 102 valence electrons. The summed E-state index contributed by atoms with van der Waals surface area (Å²) in [5.74, 6) is 0. The van der Waals surface area contributed by atoms with Crippen LogP contribution in [0.2, 0.25) is 0 Å². The van der Waals surface area contributed by atoms with Gasteiger partial charge in [0.1, 0.15) is 0 Å². The molecule has 2 unspecified atom stereocenters. The van der Waals surface area contributed by atoms with E-state index in [-0.39, 0.29) is 6.04 Å². The molecule has 0 saturated heterocycles. The lowest BCUT2D eigenvalue weighted by atomic mass is 10.0. The predicted octanol–water partition coefficient (Wildman–Crippen LogP) is 2.75. The van der Waals surface area contributed by atoms with Gasteiger partial charge in [-0.3, -0.25) is 9.67 Å². The van der Waals surface area contributed by atoms with Crippen LogP contribution < -0.4 is 5.32 Å². The molecule has 0 aliphatic rings. The fraction of sp³-hybridized carbons (Fsp3) is 0.467. The predicted molar refractivity (Wildman–Crippen MR) is 77.0 cm³/mol. The van der Waals surface area contributed by atoms with Gasteiger partial charge in [0.05, 0.1) is 5.69 Å². The van der Waals surface area contributed by atoms with Crippen molar-refractivity contribution in [1.29, 1.82) is 0 Å². The van der Waals surface area contributed by atoms with Gasteiger partial charge in [0.2, 0.25) is 0 Å². The molecule has 0 bridgehead atoms. The molecular weight excluding hydrogens is 236 g/mol.